The van der Waals surface area contributed by atoms with E-state index in [9.17, 15) is 9.59 Å². The van der Waals surface area contributed by atoms with Crippen LogP contribution in [-0.2, 0) is 4.79 Å². The van der Waals surface area contributed by atoms with Crippen molar-refractivity contribution in [3.8, 4) is 11.5 Å². The summed E-state index contributed by atoms with van der Waals surface area (Å²) in [6.07, 6.45) is 0.779. The fourth-order valence-electron chi connectivity index (χ4n) is 4.74. The summed E-state index contributed by atoms with van der Waals surface area (Å²) in [6.45, 7) is 7.50. The number of rotatable bonds is 7. The summed E-state index contributed by atoms with van der Waals surface area (Å²) >= 11 is 6.19. The molecule has 4 rings (SSSR count). The number of nitrogens with zero attached hydrogens (tertiary/aromatic N) is 3. The van der Waals surface area contributed by atoms with Crippen LogP contribution in [0.5, 0.6) is 11.5 Å². The van der Waals surface area contributed by atoms with Crippen LogP contribution in [0.3, 0.4) is 0 Å². The molecule has 1 N–H and O–H groups in total. The number of nitrogens with one attached hydrogen (secondary N) is 1. The van der Waals surface area contributed by atoms with Crippen LogP contribution in [0.4, 0.5) is 4.79 Å². The Morgan fingerprint density at radius 3 is 2.61 bits per heavy atom. The van der Waals surface area contributed by atoms with Gasteiger partial charge in [-0.1, -0.05) is 37.6 Å². The third-order valence-corrected chi connectivity index (χ3v) is 6.58. The van der Waals surface area contributed by atoms with Crippen LogP contribution in [-0.4, -0.2) is 67.0 Å². The molecule has 2 unspecified atom stereocenters. The first kappa shape index (κ1) is 25.8. The predicted molar refractivity (Wildman–Crippen MR) is 140 cm³/mol. The molecule has 0 saturated carbocycles. The summed E-state index contributed by atoms with van der Waals surface area (Å²) < 4.78 is 11.4. The lowest BCUT2D eigenvalue weighted by Gasteiger charge is -2.36. The van der Waals surface area contributed by atoms with Crippen molar-refractivity contribution >= 4 is 29.4 Å². The minimum atomic E-state index is -0.353. The van der Waals surface area contributed by atoms with Gasteiger partial charge in [0.15, 0.2) is 0 Å². The van der Waals surface area contributed by atoms with Crippen molar-refractivity contribution in [2.45, 2.75) is 39.3 Å². The van der Waals surface area contributed by atoms with E-state index in [4.69, 9.17) is 26.1 Å². The molecule has 2 aromatic rings. The number of piperazine rings is 1. The zero-order valence-corrected chi connectivity index (χ0v) is 21.9. The Bertz CT molecular complexity index is 1140. The molecule has 2 aliphatic rings. The minimum Gasteiger partial charge on any atom is -0.497 e. The molecule has 8 nitrogen and oxygen atoms in total. The topological polar surface area (TPSA) is 83.5 Å². The number of halogens is 1. The number of amidine groups is 1. The average Bonchev–Trinajstić information content (AvgIpc) is 3.22. The highest BCUT2D eigenvalue weighted by Gasteiger charge is 2.44. The Hall–Kier alpha value is -3.26. The van der Waals surface area contributed by atoms with E-state index in [0.29, 0.717) is 53.5 Å². The molecule has 3 amide bonds. The third kappa shape index (κ3) is 5.43. The first-order valence-corrected chi connectivity index (χ1v) is 12.7. The van der Waals surface area contributed by atoms with Crippen molar-refractivity contribution in [3.05, 3.63) is 58.6 Å². The number of urea groups is 1. The number of benzene rings is 2. The zero-order chi connectivity index (χ0) is 25.8. The van der Waals surface area contributed by atoms with Crippen molar-refractivity contribution in [1.29, 1.82) is 0 Å². The van der Waals surface area contributed by atoms with Gasteiger partial charge in [0.1, 0.15) is 23.9 Å². The van der Waals surface area contributed by atoms with E-state index >= 15 is 0 Å². The van der Waals surface area contributed by atoms with E-state index in [2.05, 4.69) is 19.2 Å². The Morgan fingerprint density at radius 1 is 1.22 bits per heavy atom. The van der Waals surface area contributed by atoms with Gasteiger partial charge in [0, 0.05) is 24.2 Å². The molecular formula is C27H33ClN4O4. The monoisotopic (exact) mass is 512 g/mol. The summed E-state index contributed by atoms with van der Waals surface area (Å²) in [5.41, 5.74) is 1.64. The second-order valence-corrected chi connectivity index (χ2v) is 9.80. The molecule has 0 bridgehead atoms. The molecule has 9 heteroatoms. The molecule has 0 spiro atoms. The zero-order valence-electron chi connectivity index (χ0n) is 21.2. The molecule has 0 aromatic heterocycles. The molecule has 2 atom stereocenters. The molecule has 2 aliphatic heterocycles. The van der Waals surface area contributed by atoms with E-state index in [1.807, 2.05) is 49.4 Å². The maximum absolute atomic E-state index is 14.1. The molecule has 192 valence electrons. The van der Waals surface area contributed by atoms with Gasteiger partial charge in [-0.25, -0.2) is 4.79 Å². The molecule has 36 heavy (non-hydrogen) atoms. The Kier molecular flexibility index (Phi) is 8.04. The molecule has 2 aromatic carbocycles. The summed E-state index contributed by atoms with van der Waals surface area (Å²) in [6, 6.07) is 12.3. The molecule has 1 saturated heterocycles. The lowest BCUT2D eigenvalue weighted by Crippen LogP contribution is -2.55. The number of hydrogen-bond donors (Lipinski definition) is 1. The van der Waals surface area contributed by atoms with Crippen LogP contribution in [0.15, 0.2) is 47.5 Å². The van der Waals surface area contributed by atoms with E-state index in [-0.39, 0.29) is 30.6 Å². The molecule has 1 fully saturated rings. The van der Waals surface area contributed by atoms with Crippen LogP contribution in [0.2, 0.25) is 5.02 Å². The van der Waals surface area contributed by atoms with Crippen molar-refractivity contribution in [2.75, 3.05) is 33.4 Å². The highest BCUT2D eigenvalue weighted by molar-refractivity contribution is 6.30. The number of amides is 3. The number of carbonyl (C=O) groups excluding carboxylic acids is 2. The number of ether oxygens (including phenoxy) is 2. The average molecular weight is 513 g/mol. The van der Waals surface area contributed by atoms with Crippen molar-refractivity contribution in [3.63, 3.8) is 0 Å². The van der Waals surface area contributed by atoms with Crippen LogP contribution in [0.25, 0.3) is 0 Å². The van der Waals surface area contributed by atoms with Gasteiger partial charge in [-0.15, -0.1) is 0 Å². The van der Waals surface area contributed by atoms with Gasteiger partial charge in [-0.3, -0.25) is 14.7 Å². The Morgan fingerprint density at radius 2 is 1.97 bits per heavy atom. The smallest absolute Gasteiger partial charge is 0.326 e. The second-order valence-electron chi connectivity index (χ2n) is 9.37. The van der Waals surface area contributed by atoms with Crippen LogP contribution in [0.1, 0.15) is 44.4 Å². The number of aliphatic imine (C=N–C) groups is 1. The standard InChI is InChI=1S/C27H33ClN4O4/c1-5-36-23-15-20(35-4)10-11-21(23)26-30-22(14-17(2)3)25(18-6-8-19(28)9-7-18)32(26)27(34)31-13-12-29-24(33)16-31/h6-11,15,17,22,25H,5,12-14,16H2,1-4H3,(H,29,33). The van der Waals surface area contributed by atoms with Crippen LogP contribution in [0, 0.1) is 5.92 Å². The minimum absolute atomic E-state index is 0.00568. The van der Waals surface area contributed by atoms with Gasteiger partial charge < -0.3 is 19.7 Å². The fourth-order valence-corrected chi connectivity index (χ4v) is 4.87. The third-order valence-electron chi connectivity index (χ3n) is 6.33. The second kappa shape index (κ2) is 11.2. The highest BCUT2D eigenvalue weighted by atomic mass is 35.5. The summed E-state index contributed by atoms with van der Waals surface area (Å²) in [7, 11) is 1.60. The van der Waals surface area contributed by atoms with Gasteiger partial charge in [0.2, 0.25) is 5.91 Å². The van der Waals surface area contributed by atoms with E-state index < -0.39 is 0 Å². The fraction of sp³-hybridized carbons (Fsp3) is 0.444. The highest BCUT2D eigenvalue weighted by Crippen LogP contribution is 2.40. The number of methoxy groups -OCH3 is 1. The first-order valence-electron chi connectivity index (χ1n) is 12.3. The van der Waals surface area contributed by atoms with E-state index in [1.165, 1.54) is 0 Å². The molecule has 0 radical (unpaired) electrons. The predicted octanol–water partition coefficient (Wildman–Crippen LogP) is 4.52. The van der Waals surface area contributed by atoms with Crippen LogP contribution < -0.4 is 14.8 Å². The Balaban J connectivity index is 1.85. The lowest BCUT2D eigenvalue weighted by molar-refractivity contribution is -0.123. The largest absolute Gasteiger partial charge is 0.497 e. The van der Waals surface area contributed by atoms with Gasteiger partial charge in [-0.05, 0) is 49.1 Å². The molecule has 0 aliphatic carbocycles. The quantitative estimate of drug-likeness (QED) is 0.591. The van der Waals surface area contributed by atoms with E-state index in [1.54, 1.807) is 16.9 Å². The van der Waals surface area contributed by atoms with Gasteiger partial charge >= 0.3 is 6.03 Å². The lowest BCUT2D eigenvalue weighted by atomic mass is 9.93. The number of hydrogen-bond acceptors (Lipinski definition) is 5. The maximum Gasteiger partial charge on any atom is 0.326 e. The number of carbonyl (C=O) groups is 2. The van der Waals surface area contributed by atoms with Crippen LogP contribution >= 0.6 is 11.6 Å². The van der Waals surface area contributed by atoms with Gasteiger partial charge in [-0.2, -0.15) is 0 Å². The maximum atomic E-state index is 14.1. The van der Waals surface area contributed by atoms with E-state index in [0.717, 1.165) is 12.0 Å². The molecular weight excluding hydrogens is 480 g/mol. The summed E-state index contributed by atoms with van der Waals surface area (Å²) in [4.78, 5) is 34.7. The first-order chi connectivity index (χ1) is 17.3. The summed E-state index contributed by atoms with van der Waals surface area (Å²) in [5.74, 6) is 1.95. The Labute approximate surface area is 217 Å². The SMILES string of the molecule is CCOc1cc(OC)ccc1C1=NC(CC(C)C)C(c2ccc(Cl)cc2)N1C(=O)N1CCNC(=O)C1. The van der Waals surface area contributed by atoms with Gasteiger partial charge in [0.25, 0.3) is 0 Å². The summed E-state index contributed by atoms with van der Waals surface area (Å²) in [5, 5.41) is 3.42. The van der Waals surface area contributed by atoms with Crippen molar-refractivity contribution in [2.24, 2.45) is 10.9 Å². The molecule has 2 heterocycles. The van der Waals surface area contributed by atoms with Crippen molar-refractivity contribution < 1.29 is 19.1 Å². The van der Waals surface area contributed by atoms with Gasteiger partial charge in [0.05, 0.1) is 31.4 Å². The normalized spacial score (nSPS) is 19.8. The van der Waals surface area contributed by atoms with Crippen molar-refractivity contribution in [1.82, 2.24) is 15.1 Å².